The summed E-state index contributed by atoms with van der Waals surface area (Å²) >= 11 is 0. The van der Waals surface area contributed by atoms with Gasteiger partial charge in [-0.05, 0) is 42.6 Å². The molecule has 0 unspecified atom stereocenters. The molecule has 0 bridgehead atoms. The third-order valence-corrected chi connectivity index (χ3v) is 7.28. The second-order valence-corrected chi connectivity index (χ2v) is 9.29. The highest BCUT2D eigenvalue weighted by Crippen LogP contribution is 2.28. The third kappa shape index (κ3) is 5.06. The van der Waals surface area contributed by atoms with Gasteiger partial charge in [0.15, 0.2) is 0 Å². The molecule has 2 aliphatic heterocycles. The van der Waals surface area contributed by atoms with Gasteiger partial charge in [0.05, 0.1) is 0 Å². The normalized spacial score (nSPS) is 20.5. The Morgan fingerprint density at radius 1 is 0.656 bits per heavy atom. The number of piperidine rings is 1. The van der Waals surface area contributed by atoms with Crippen LogP contribution in [-0.2, 0) is 0 Å². The van der Waals surface area contributed by atoms with Gasteiger partial charge in [-0.2, -0.15) is 0 Å². The highest BCUT2D eigenvalue weighted by Gasteiger charge is 2.29. The lowest BCUT2D eigenvalue weighted by Gasteiger charge is -2.44. The molecule has 3 aromatic carbocycles. The average Bonchev–Trinajstić information content (AvgIpc) is 2.89. The molecule has 0 aromatic heterocycles. The number of rotatable bonds is 6. The number of hydrogen-bond donors (Lipinski definition) is 0. The van der Waals surface area contributed by atoms with Gasteiger partial charge in [0.1, 0.15) is 0 Å². The first-order valence-corrected chi connectivity index (χ1v) is 12.2. The first-order valence-electron chi connectivity index (χ1n) is 12.2. The van der Waals surface area contributed by atoms with Crippen LogP contribution in [0.4, 0.5) is 5.69 Å². The van der Waals surface area contributed by atoms with E-state index >= 15 is 0 Å². The zero-order valence-corrected chi connectivity index (χ0v) is 19.0. The summed E-state index contributed by atoms with van der Waals surface area (Å²) in [6.07, 6.45) is 2.64. The molecule has 32 heavy (non-hydrogen) atoms. The maximum absolute atomic E-state index is 2.76. The number of para-hydroxylation sites is 1. The molecule has 3 heteroatoms. The molecule has 3 nitrogen and oxygen atoms in total. The molecule has 2 fully saturated rings. The van der Waals surface area contributed by atoms with E-state index < -0.39 is 0 Å². The van der Waals surface area contributed by atoms with E-state index in [1.54, 1.807) is 0 Å². The summed E-state index contributed by atoms with van der Waals surface area (Å²) in [5, 5.41) is 0. The molecule has 0 spiro atoms. The van der Waals surface area contributed by atoms with Gasteiger partial charge < -0.3 is 9.80 Å². The Morgan fingerprint density at radius 3 is 1.81 bits per heavy atom. The van der Waals surface area contributed by atoms with Crippen LogP contribution in [0.3, 0.4) is 0 Å². The Morgan fingerprint density at radius 2 is 1.22 bits per heavy atom. The van der Waals surface area contributed by atoms with Crippen LogP contribution in [0.15, 0.2) is 91.0 Å². The number of anilines is 1. The minimum atomic E-state index is 0.436. The number of hydrogen-bond acceptors (Lipinski definition) is 3. The van der Waals surface area contributed by atoms with Crippen molar-refractivity contribution in [1.82, 2.24) is 9.80 Å². The van der Waals surface area contributed by atoms with Gasteiger partial charge in [-0.25, -0.2) is 0 Å². The van der Waals surface area contributed by atoms with Crippen molar-refractivity contribution in [3.05, 3.63) is 102 Å². The molecule has 166 valence electrons. The van der Waals surface area contributed by atoms with Crippen LogP contribution in [0.25, 0.3) is 0 Å². The van der Waals surface area contributed by atoms with Gasteiger partial charge >= 0.3 is 0 Å². The average molecular weight is 426 g/mol. The van der Waals surface area contributed by atoms with Crippen LogP contribution < -0.4 is 4.90 Å². The quantitative estimate of drug-likeness (QED) is 0.544. The number of benzene rings is 3. The second kappa shape index (κ2) is 10.3. The maximum Gasteiger partial charge on any atom is 0.0367 e. The minimum absolute atomic E-state index is 0.436. The lowest BCUT2D eigenvalue weighted by molar-refractivity contribution is 0.0909. The molecule has 0 N–H and O–H groups in total. The number of likely N-dealkylation sites (tertiary alicyclic amines) is 1. The van der Waals surface area contributed by atoms with Gasteiger partial charge in [-0.1, -0.05) is 78.9 Å². The molecule has 1 atom stereocenters. The van der Waals surface area contributed by atoms with E-state index in [4.69, 9.17) is 0 Å². The Labute approximate surface area is 193 Å². The van der Waals surface area contributed by atoms with Crippen molar-refractivity contribution < 1.29 is 0 Å². The van der Waals surface area contributed by atoms with Crippen LogP contribution in [0.1, 0.15) is 29.9 Å². The third-order valence-electron chi connectivity index (χ3n) is 7.28. The van der Waals surface area contributed by atoms with Crippen molar-refractivity contribution in [2.24, 2.45) is 0 Å². The van der Waals surface area contributed by atoms with Crippen molar-refractivity contribution in [1.29, 1.82) is 0 Å². The predicted octanol–water partition coefficient (Wildman–Crippen LogP) is 5.11. The fraction of sp³-hybridized carbons (Fsp3) is 0.379. The standard InChI is InChI=1S/C29H35N3/c1-4-11-25(12-5-1)29(26-13-6-2-7-14-26)24-30-18-10-17-28(23-30)32-21-19-31(20-22-32)27-15-8-3-9-16-27/h1-9,11-16,28-29H,10,17-24H2/t28-/m0/s1. The largest absolute Gasteiger partial charge is 0.369 e. The zero-order valence-electron chi connectivity index (χ0n) is 19.0. The van der Waals surface area contributed by atoms with Crippen LogP contribution in [0.5, 0.6) is 0 Å². The number of nitrogens with zero attached hydrogens (tertiary/aromatic N) is 3. The fourth-order valence-corrected chi connectivity index (χ4v) is 5.51. The molecular formula is C29H35N3. The van der Waals surface area contributed by atoms with Crippen molar-refractivity contribution in [2.45, 2.75) is 24.8 Å². The van der Waals surface area contributed by atoms with E-state index in [9.17, 15) is 0 Å². The van der Waals surface area contributed by atoms with Gasteiger partial charge in [0, 0.05) is 56.9 Å². The molecule has 0 amide bonds. The molecule has 3 aromatic rings. The Bertz CT molecular complexity index is 896. The molecular weight excluding hydrogens is 390 g/mol. The first kappa shape index (κ1) is 21.2. The van der Waals surface area contributed by atoms with E-state index in [0.29, 0.717) is 12.0 Å². The summed E-state index contributed by atoms with van der Waals surface area (Å²) in [7, 11) is 0. The molecule has 2 saturated heterocycles. The molecule has 0 aliphatic carbocycles. The highest BCUT2D eigenvalue weighted by atomic mass is 15.3. The Kier molecular flexibility index (Phi) is 6.86. The van der Waals surface area contributed by atoms with Gasteiger partial charge in [-0.15, -0.1) is 0 Å². The van der Waals surface area contributed by atoms with E-state index in [-0.39, 0.29) is 0 Å². The first-order chi connectivity index (χ1) is 15.9. The SMILES string of the molecule is c1ccc(C(CN2CCC[C@H](N3CCN(c4ccccc4)CC3)C2)c2ccccc2)cc1. The predicted molar refractivity (Wildman–Crippen MR) is 134 cm³/mol. The summed E-state index contributed by atoms with van der Waals surface area (Å²) < 4.78 is 0. The minimum Gasteiger partial charge on any atom is -0.369 e. The highest BCUT2D eigenvalue weighted by molar-refractivity contribution is 5.46. The topological polar surface area (TPSA) is 9.72 Å². The van der Waals surface area contributed by atoms with Gasteiger partial charge in [0.2, 0.25) is 0 Å². The van der Waals surface area contributed by atoms with Crippen LogP contribution >= 0.6 is 0 Å². The molecule has 2 heterocycles. The van der Waals surface area contributed by atoms with Crippen LogP contribution in [0.2, 0.25) is 0 Å². The summed E-state index contributed by atoms with van der Waals surface area (Å²) in [5.74, 6) is 0.436. The lowest BCUT2D eigenvalue weighted by atomic mass is 9.90. The summed E-state index contributed by atoms with van der Waals surface area (Å²) in [6, 6.07) is 33.7. The number of piperazine rings is 1. The van der Waals surface area contributed by atoms with Crippen molar-refractivity contribution >= 4 is 5.69 Å². The van der Waals surface area contributed by atoms with Crippen LogP contribution in [0, 0.1) is 0 Å². The smallest absolute Gasteiger partial charge is 0.0367 e. The zero-order chi connectivity index (χ0) is 21.6. The van der Waals surface area contributed by atoms with Crippen LogP contribution in [-0.4, -0.2) is 61.7 Å². The van der Waals surface area contributed by atoms with Crippen molar-refractivity contribution in [3.63, 3.8) is 0 Å². The van der Waals surface area contributed by atoms with E-state index in [1.807, 2.05) is 0 Å². The summed E-state index contributed by atoms with van der Waals surface area (Å²) in [6.45, 7) is 8.14. The molecule has 2 aliphatic rings. The molecule has 0 radical (unpaired) electrons. The van der Waals surface area contributed by atoms with Crippen molar-refractivity contribution in [2.75, 3.05) is 50.7 Å². The summed E-state index contributed by atoms with van der Waals surface area (Å²) in [4.78, 5) is 8.02. The Balaban J connectivity index is 1.23. The molecule has 0 saturated carbocycles. The van der Waals surface area contributed by atoms with E-state index in [1.165, 1.54) is 55.8 Å². The molecule has 5 rings (SSSR count). The van der Waals surface area contributed by atoms with E-state index in [0.717, 1.165) is 19.6 Å². The maximum atomic E-state index is 2.76. The second-order valence-electron chi connectivity index (χ2n) is 9.29. The summed E-state index contributed by atoms with van der Waals surface area (Å²) in [5.41, 5.74) is 4.22. The monoisotopic (exact) mass is 425 g/mol. The fourth-order valence-electron chi connectivity index (χ4n) is 5.51. The van der Waals surface area contributed by atoms with Gasteiger partial charge in [-0.3, -0.25) is 4.90 Å². The Hall–Kier alpha value is -2.62. The van der Waals surface area contributed by atoms with Crippen molar-refractivity contribution in [3.8, 4) is 0 Å². The lowest BCUT2D eigenvalue weighted by Crippen LogP contribution is -2.55. The van der Waals surface area contributed by atoms with Gasteiger partial charge in [0.25, 0.3) is 0 Å². The van der Waals surface area contributed by atoms with E-state index in [2.05, 4.69) is 106 Å².